The van der Waals surface area contributed by atoms with Crippen LogP contribution in [0.3, 0.4) is 0 Å². The number of aliphatic hydroxyl groups is 1. The number of likely N-dealkylation sites (N-methyl/N-ethyl adjacent to an activating group) is 1. The van der Waals surface area contributed by atoms with Crippen molar-refractivity contribution in [3.05, 3.63) is 35.9 Å². The Balaban J connectivity index is 2.32. The van der Waals surface area contributed by atoms with E-state index in [1.54, 1.807) is 6.92 Å². The predicted molar refractivity (Wildman–Crippen MR) is 82.0 cm³/mol. The zero-order valence-corrected chi connectivity index (χ0v) is 13.5. The second-order valence-electron chi connectivity index (χ2n) is 6.79. The fourth-order valence-corrected chi connectivity index (χ4v) is 3.28. The Kier molecular flexibility index (Phi) is 3.79. The van der Waals surface area contributed by atoms with Crippen LogP contribution in [-0.4, -0.2) is 34.0 Å². The van der Waals surface area contributed by atoms with E-state index >= 15 is 0 Å². The lowest BCUT2D eigenvalue weighted by atomic mass is 9.72. The number of amides is 1. The highest BCUT2D eigenvalue weighted by atomic mass is 16.6. The van der Waals surface area contributed by atoms with E-state index in [1.165, 1.54) is 4.90 Å². The topological polar surface area (TPSA) is 49.8 Å². The molecule has 4 heteroatoms. The summed E-state index contributed by atoms with van der Waals surface area (Å²) in [6.45, 7) is 9.93. The molecule has 1 amide bonds. The van der Waals surface area contributed by atoms with E-state index in [-0.39, 0.29) is 5.41 Å². The van der Waals surface area contributed by atoms with Crippen molar-refractivity contribution in [1.29, 1.82) is 0 Å². The number of cyclic esters (lactones) is 1. The predicted octanol–water partition coefficient (Wildman–Crippen LogP) is 3.29. The van der Waals surface area contributed by atoms with E-state index in [0.29, 0.717) is 13.0 Å². The van der Waals surface area contributed by atoms with Crippen LogP contribution in [0.25, 0.3) is 0 Å². The maximum atomic E-state index is 12.0. The fraction of sp³-hybridized carbons (Fsp3) is 0.588. The zero-order valence-electron chi connectivity index (χ0n) is 13.5. The van der Waals surface area contributed by atoms with Gasteiger partial charge in [0.05, 0.1) is 0 Å². The van der Waals surface area contributed by atoms with Crippen molar-refractivity contribution in [2.24, 2.45) is 0 Å². The van der Waals surface area contributed by atoms with E-state index in [1.807, 2.05) is 32.0 Å². The Bertz CT molecular complexity index is 524. The van der Waals surface area contributed by atoms with E-state index < -0.39 is 17.4 Å². The van der Waals surface area contributed by atoms with E-state index in [2.05, 4.69) is 26.0 Å². The molecule has 116 valence electrons. The third-order valence-electron chi connectivity index (χ3n) is 4.71. The lowest BCUT2D eigenvalue weighted by Gasteiger charge is -2.41. The summed E-state index contributed by atoms with van der Waals surface area (Å²) in [7, 11) is 0. The van der Waals surface area contributed by atoms with Gasteiger partial charge in [-0.2, -0.15) is 0 Å². The van der Waals surface area contributed by atoms with Gasteiger partial charge in [-0.05, 0) is 31.7 Å². The molecule has 2 atom stereocenters. The Hall–Kier alpha value is -1.55. The maximum absolute atomic E-state index is 12.0. The zero-order chi connectivity index (χ0) is 15.9. The number of hydrogen-bond acceptors (Lipinski definition) is 3. The van der Waals surface area contributed by atoms with Gasteiger partial charge in [-0.15, -0.1) is 0 Å². The molecule has 0 aromatic heterocycles. The summed E-state index contributed by atoms with van der Waals surface area (Å²) in [5.74, 6) is 0. The summed E-state index contributed by atoms with van der Waals surface area (Å²) < 4.78 is 5.56. The average Bonchev–Trinajstić information content (AvgIpc) is 2.55. The summed E-state index contributed by atoms with van der Waals surface area (Å²) >= 11 is 0. The Labute approximate surface area is 126 Å². The molecular formula is C17H25NO3. The largest absolute Gasteiger partial charge is 0.438 e. The molecule has 0 spiro atoms. The highest BCUT2D eigenvalue weighted by Gasteiger charge is 2.60. The Morgan fingerprint density at radius 2 is 1.81 bits per heavy atom. The first-order valence-electron chi connectivity index (χ1n) is 7.42. The average molecular weight is 291 g/mol. The van der Waals surface area contributed by atoms with Crippen LogP contribution in [0.2, 0.25) is 0 Å². The minimum Gasteiger partial charge on any atom is -0.438 e. The standard InChI is InChI=1S/C17H25NO3/c1-6-18-14(19)21-16(4,17(18,5)20)12-15(2,3)13-10-8-7-9-11-13/h7-11,20H,6,12H2,1-5H3/t16-,17-/m1/s1. The Morgan fingerprint density at radius 3 is 2.29 bits per heavy atom. The quantitative estimate of drug-likeness (QED) is 0.926. The minimum absolute atomic E-state index is 0.218. The summed E-state index contributed by atoms with van der Waals surface area (Å²) in [6, 6.07) is 10.1. The van der Waals surface area contributed by atoms with Crippen LogP contribution in [0.4, 0.5) is 4.79 Å². The van der Waals surface area contributed by atoms with Crippen molar-refractivity contribution in [2.75, 3.05) is 6.54 Å². The number of carbonyl (C=O) groups is 1. The molecule has 1 aromatic rings. The van der Waals surface area contributed by atoms with Crippen LogP contribution >= 0.6 is 0 Å². The van der Waals surface area contributed by atoms with E-state index in [4.69, 9.17) is 4.74 Å². The molecular weight excluding hydrogens is 266 g/mol. The molecule has 1 aliphatic rings. The van der Waals surface area contributed by atoms with Gasteiger partial charge in [0, 0.05) is 13.0 Å². The number of nitrogens with zero attached hydrogens (tertiary/aromatic N) is 1. The second-order valence-corrected chi connectivity index (χ2v) is 6.79. The van der Waals surface area contributed by atoms with Crippen LogP contribution in [0.5, 0.6) is 0 Å². The number of hydrogen-bond donors (Lipinski definition) is 1. The fourth-order valence-electron chi connectivity index (χ4n) is 3.28. The molecule has 0 unspecified atom stereocenters. The van der Waals surface area contributed by atoms with Crippen LogP contribution in [0.15, 0.2) is 30.3 Å². The second kappa shape index (κ2) is 5.02. The van der Waals surface area contributed by atoms with Crippen LogP contribution in [0, 0.1) is 0 Å². The van der Waals surface area contributed by atoms with Crippen molar-refractivity contribution in [3.63, 3.8) is 0 Å². The van der Waals surface area contributed by atoms with Crippen molar-refractivity contribution < 1.29 is 14.6 Å². The van der Waals surface area contributed by atoms with Gasteiger partial charge in [-0.1, -0.05) is 44.2 Å². The molecule has 21 heavy (non-hydrogen) atoms. The van der Waals surface area contributed by atoms with Crippen molar-refractivity contribution in [2.45, 2.75) is 57.8 Å². The molecule has 1 N–H and O–H groups in total. The third-order valence-corrected chi connectivity index (χ3v) is 4.71. The summed E-state index contributed by atoms with van der Waals surface area (Å²) in [5.41, 5.74) is -1.32. The van der Waals surface area contributed by atoms with Crippen LogP contribution in [0.1, 0.15) is 46.6 Å². The van der Waals surface area contributed by atoms with Gasteiger partial charge in [0.25, 0.3) is 0 Å². The lowest BCUT2D eigenvalue weighted by Crippen LogP contribution is -2.56. The number of benzene rings is 1. The van der Waals surface area contributed by atoms with Crippen LogP contribution in [-0.2, 0) is 10.2 Å². The summed E-state index contributed by atoms with van der Waals surface area (Å²) in [6.07, 6.45) is 0.0908. The maximum Gasteiger partial charge on any atom is 0.412 e. The van der Waals surface area contributed by atoms with Crippen molar-refractivity contribution >= 4 is 6.09 Å². The normalized spacial score (nSPS) is 29.6. The number of rotatable bonds is 4. The molecule has 1 fully saturated rings. The molecule has 2 rings (SSSR count). The van der Waals surface area contributed by atoms with Gasteiger partial charge < -0.3 is 9.84 Å². The molecule has 0 saturated carbocycles. The molecule has 0 aliphatic carbocycles. The lowest BCUT2D eigenvalue weighted by molar-refractivity contribution is -0.144. The molecule has 0 radical (unpaired) electrons. The molecule has 1 saturated heterocycles. The monoisotopic (exact) mass is 291 g/mol. The first kappa shape index (κ1) is 15.8. The number of carbonyl (C=O) groups excluding carboxylic acids is 1. The van der Waals surface area contributed by atoms with Crippen molar-refractivity contribution in [3.8, 4) is 0 Å². The van der Waals surface area contributed by atoms with Crippen LogP contribution < -0.4 is 0 Å². The first-order chi connectivity index (χ1) is 9.64. The van der Waals surface area contributed by atoms with Crippen molar-refractivity contribution in [1.82, 2.24) is 4.90 Å². The molecule has 1 aliphatic heterocycles. The van der Waals surface area contributed by atoms with Gasteiger partial charge in [0.15, 0.2) is 11.3 Å². The molecule has 1 aromatic carbocycles. The minimum atomic E-state index is -1.31. The van der Waals surface area contributed by atoms with Gasteiger partial charge in [-0.3, -0.25) is 4.90 Å². The SMILES string of the molecule is CCN1C(=O)O[C@](C)(CC(C)(C)c2ccccc2)[C@@]1(C)O. The third kappa shape index (κ3) is 2.53. The highest BCUT2D eigenvalue weighted by Crippen LogP contribution is 2.45. The Morgan fingerprint density at radius 1 is 1.24 bits per heavy atom. The summed E-state index contributed by atoms with van der Waals surface area (Å²) in [5, 5.41) is 10.8. The number of ether oxygens (including phenoxy) is 1. The first-order valence-corrected chi connectivity index (χ1v) is 7.42. The summed E-state index contributed by atoms with van der Waals surface area (Å²) in [4.78, 5) is 13.4. The smallest absolute Gasteiger partial charge is 0.412 e. The van der Waals surface area contributed by atoms with Gasteiger partial charge in [0.1, 0.15) is 0 Å². The van der Waals surface area contributed by atoms with Gasteiger partial charge in [-0.25, -0.2) is 4.79 Å². The van der Waals surface area contributed by atoms with E-state index in [0.717, 1.165) is 5.56 Å². The molecule has 4 nitrogen and oxygen atoms in total. The van der Waals surface area contributed by atoms with Gasteiger partial charge in [0.2, 0.25) is 0 Å². The molecule has 0 bridgehead atoms. The van der Waals surface area contributed by atoms with E-state index in [9.17, 15) is 9.90 Å². The highest BCUT2D eigenvalue weighted by molar-refractivity contribution is 5.72. The molecule has 1 heterocycles. The van der Waals surface area contributed by atoms with Gasteiger partial charge >= 0.3 is 6.09 Å².